The molecular formula is C14H6F5NO5. The minimum absolute atomic E-state index is 0.0503. The van der Waals surface area contributed by atoms with Crippen LogP contribution in [0.2, 0.25) is 0 Å². The van der Waals surface area contributed by atoms with Crippen LogP contribution in [0.4, 0.5) is 27.6 Å². The van der Waals surface area contributed by atoms with Gasteiger partial charge in [0.1, 0.15) is 5.56 Å². The molecular weight excluding hydrogens is 357 g/mol. The lowest BCUT2D eigenvalue weighted by Gasteiger charge is -2.12. The zero-order valence-electron chi connectivity index (χ0n) is 11.8. The first-order chi connectivity index (χ1) is 11.5. The Morgan fingerprint density at radius 3 is 2.16 bits per heavy atom. The van der Waals surface area contributed by atoms with E-state index in [1.54, 1.807) is 0 Å². The molecule has 2 rings (SSSR count). The Bertz CT molecular complexity index is 842. The number of aromatic carboxylic acids is 1. The molecule has 0 saturated carbocycles. The van der Waals surface area contributed by atoms with Crippen LogP contribution < -0.4 is 4.74 Å². The lowest BCUT2D eigenvalue weighted by Crippen LogP contribution is -2.08. The number of nitro groups is 1. The van der Waals surface area contributed by atoms with Crippen molar-refractivity contribution in [2.24, 2.45) is 0 Å². The summed E-state index contributed by atoms with van der Waals surface area (Å²) in [6.45, 7) is 0. The topological polar surface area (TPSA) is 89.7 Å². The van der Waals surface area contributed by atoms with Gasteiger partial charge in [-0.3, -0.25) is 10.1 Å². The van der Waals surface area contributed by atoms with Gasteiger partial charge in [-0.05, 0) is 24.3 Å². The third-order valence-electron chi connectivity index (χ3n) is 2.95. The molecule has 0 saturated heterocycles. The van der Waals surface area contributed by atoms with Gasteiger partial charge in [-0.25, -0.2) is 13.6 Å². The van der Waals surface area contributed by atoms with Crippen molar-refractivity contribution >= 4 is 11.7 Å². The van der Waals surface area contributed by atoms with Crippen LogP contribution in [-0.4, -0.2) is 16.0 Å². The summed E-state index contributed by atoms with van der Waals surface area (Å²) < 4.78 is 69.7. The Morgan fingerprint density at radius 1 is 1.16 bits per heavy atom. The van der Waals surface area contributed by atoms with E-state index in [-0.39, 0.29) is 12.1 Å². The summed E-state index contributed by atoms with van der Waals surface area (Å²) in [5, 5.41) is 19.9. The average molecular weight is 363 g/mol. The Balaban J connectivity index is 2.56. The van der Waals surface area contributed by atoms with Gasteiger partial charge in [0.2, 0.25) is 5.75 Å². The van der Waals surface area contributed by atoms with Crippen LogP contribution in [0.15, 0.2) is 30.3 Å². The van der Waals surface area contributed by atoms with E-state index >= 15 is 0 Å². The molecule has 0 atom stereocenters. The minimum atomic E-state index is -5.02. The summed E-state index contributed by atoms with van der Waals surface area (Å²) in [6.07, 6.45) is -5.02. The minimum Gasteiger partial charge on any atom is -0.477 e. The number of hydrogen-bond acceptors (Lipinski definition) is 4. The molecule has 1 N–H and O–H groups in total. The van der Waals surface area contributed by atoms with E-state index in [4.69, 9.17) is 5.11 Å². The van der Waals surface area contributed by atoms with Gasteiger partial charge in [0.15, 0.2) is 17.4 Å². The van der Waals surface area contributed by atoms with Crippen LogP contribution in [0, 0.1) is 21.7 Å². The summed E-state index contributed by atoms with van der Waals surface area (Å²) >= 11 is 0. The molecule has 25 heavy (non-hydrogen) atoms. The Hall–Kier alpha value is -3.24. The Labute approximate surface area is 135 Å². The van der Waals surface area contributed by atoms with Crippen LogP contribution in [0.5, 0.6) is 11.5 Å². The molecule has 0 aliphatic rings. The number of ether oxygens (including phenoxy) is 1. The largest absolute Gasteiger partial charge is 0.477 e. The van der Waals surface area contributed by atoms with Gasteiger partial charge in [0, 0.05) is 0 Å². The van der Waals surface area contributed by atoms with E-state index in [2.05, 4.69) is 4.74 Å². The maximum atomic E-state index is 13.8. The molecule has 0 heterocycles. The highest BCUT2D eigenvalue weighted by atomic mass is 19.4. The zero-order chi connectivity index (χ0) is 18.9. The van der Waals surface area contributed by atoms with Gasteiger partial charge < -0.3 is 9.84 Å². The number of nitrogens with zero attached hydrogens (tertiary/aromatic N) is 1. The molecule has 132 valence electrons. The van der Waals surface area contributed by atoms with Crippen LogP contribution in [0.3, 0.4) is 0 Å². The lowest BCUT2D eigenvalue weighted by molar-refractivity contribution is -0.386. The maximum Gasteiger partial charge on any atom is 0.416 e. The van der Waals surface area contributed by atoms with Crippen molar-refractivity contribution in [1.82, 2.24) is 0 Å². The highest BCUT2D eigenvalue weighted by Gasteiger charge is 2.34. The Kier molecular flexibility index (Phi) is 4.59. The smallest absolute Gasteiger partial charge is 0.416 e. The molecule has 0 fully saturated rings. The second kappa shape index (κ2) is 6.34. The summed E-state index contributed by atoms with van der Waals surface area (Å²) in [5.41, 5.74) is -3.55. The molecule has 0 aliphatic carbocycles. The number of rotatable bonds is 4. The summed E-state index contributed by atoms with van der Waals surface area (Å²) in [6, 6.07) is 2.61. The molecule has 0 bridgehead atoms. The third-order valence-corrected chi connectivity index (χ3v) is 2.95. The molecule has 0 unspecified atom stereocenters. The summed E-state index contributed by atoms with van der Waals surface area (Å²) in [5.74, 6) is -7.41. The molecule has 2 aromatic rings. The van der Waals surface area contributed by atoms with Crippen molar-refractivity contribution in [3.05, 3.63) is 63.2 Å². The van der Waals surface area contributed by atoms with E-state index in [1.165, 1.54) is 0 Å². The number of benzene rings is 2. The third kappa shape index (κ3) is 3.65. The highest BCUT2D eigenvalue weighted by Crippen LogP contribution is 2.39. The zero-order valence-corrected chi connectivity index (χ0v) is 11.8. The first-order valence-electron chi connectivity index (χ1n) is 6.27. The van der Waals surface area contributed by atoms with Crippen molar-refractivity contribution in [2.75, 3.05) is 0 Å². The normalized spacial score (nSPS) is 11.2. The van der Waals surface area contributed by atoms with E-state index in [1.807, 2.05) is 0 Å². The fraction of sp³-hybridized carbons (Fsp3) is 0.0714. The van der Waals surface area contributed by atoms with Gasteiger partial charge in [-0.15, -0.1) is 0 Å². The van der Waals surface area contributed by atoms with Gasteiger partial charge in [-0.1, -0.05) is 6.07 Å². The number of nitro benzene ring substituents is 1. The molecule has 0 amide bonds. The quantitative estimate of drug-likeness (QED) is 0.495. The Morgan fingerprint density at radius 2 is 1.72 bits per heavy atom. The monoisotopic (exact) mass is 363 g/mol. The second-order valence-corrected chi connectivity index (χ2v) is 4.58. The molecule has 2 aromatic carbocycles. The van der Waals surface area contributed by atoms with Crippen molar-refractivity contribution in [2.45, 2.75) is 6.18 Å². The standard InChI is InChI=1S/C14H6F5NO5/c15-8-4-6(14(17,18)19)5-9(16)12(8)25-10-3-1-2-7(13(21)22)11(10)20(23)24/h1-5H,(H,21,22). The molecule has 6 nitrogen and oxygen atoms in total. The van der Waals surface area contributed by atoms with Gasteiger partial charge in [0.25, 0.3) is 0 Å². The van der Waals surface area contributed by atoms with Crippen molar-refractivity contribution in [1.29, 1.82) is 0 Å². The van der Waals surface area contributed by atoms with Gasteiger partial charge in [0.05, 0.1) is 10.5 Å². The SMILES string of the molecule is O=C(O)c1cccc(Oc2c(F)cc(C(F)(F)F)cc2F)c1[N+](=O)[O-]. The van der Waals surface area contributed by atoms with E-state index in [0.29, 0.717) is 0 Å². The van der Waals surface area contributed by atoms with Crippen LogP contribution in [-0.2, 0) is 6.18 Å². The van der Waals surface area contributed by atoms with E-state index in [9.17, 15) is 36.9 Å². The fourth-order valence-corrected chi connectivity index (χ4v) is 1.90. The number of para-hydroxylation sites is 1. The highest BCUT2D eigenvalue weighted by molar-refractivity contribution is 5.93. The summed E-state index contributed by atoms with van der Waals surface area (Å²) in [4.78, 5) is 20.9. The lowest BCUT2D eigenvalue weighted by atomic mass is 10.1. The van der Waals surface area contributed by atoms with E-state index < -0.39 is 57.0 Å². The molecule has 0 radical (unpaired) electrons. The van der Waals surface area contributed by atoms with E-state index in [0.717, 1.165) is 18.2 Å². The number of carbonyl (C=O) groups is 1. The second-order valence-electron chi connectivity index (χ2n) is 4.58. The fourth-order valence-electron chi connectivity index (χ4n) is 1.90. The van der Waals surface area contributed by atoms with Crippen LogP contribution in [0.25, 0.3) is 0 Å². The van der Waals surface area contributed by atoms with Crippen molar-refractivity contribution in [3.63, 3.8) is 0 Å². The predicted octanol–water partition coefficient (Wildman–Crippen LogP) is 4.38. The number of alkyl halides is 3. The number of hydrogen-bond donors (Lipinski definition) is 1. The van der Waals surface area contributed by atoms with Gasteiger partial charge >= 0.3 is 17.8 Å². The molecule has 0 spiro atoms. The predicted molar refractivity (Wildman–Crippen MR) is 71.5 cm³/mol. The first kappa shape index (κ1) is 18.1. The number of halogens is 5. The number of carboxylic acids is 1. The maximum absolute atomic E-state index is 13.8. The number of carboxylic acid groups (broad SMARTS) is 1. The van der Waals surface area contributed by atoms with Crippen LogP contribution in [0.1, 0.15) is 15.9 Å². The molecule has 0 aromatic heterocycles. The van der Waals surface area contributed by atoms with Gasteiger partial charge in [-0.2, -0.15) is 13.2 Å². The summed E-state index contributed by atoms with van der Waals surface area (Å²) in [7, 11) is 0. The van der Waals surface area contributed by atoms with Crippen LogP contribution >= 0.6 is 0 Å². The molecule has 11 heteroatoms. The first-order valence-corrected chi connectivity index (χ1v) is 6.27. The van der Waals surface area contributed by atoms with Crippen molar-refractivity contribution < 1.29 is 41.5 Å². The average Bonchev–Trinajstić information content (AvgIpc) is 2.49. The van der Waals surface area contributed by atoms with Crippen molar-refractivity contribution in [3.8, 4) is 11.5 Å². The molecule has 0 aliphatic heterocycles.